The fourth-order valence-electron chi connectivity index (χ4n) is 2.22. The average Bonchev–Trinajstić information content (AvgIpc) is 2.95. The van der Waals surface area contributed by atoms with E-state index >= 15 is 0 Å². The van der Waals surface area contributed by atoms with E-state index in [9.17, 15) is 0 Å². The minimum absolute atomic E-state index is 1.000. The Labute approximate surface area is 111 Å². The molecule has 94 valence electrons. The van der Waals surface area contributed by atoms with Gasteiger partial charge in [-0.05, 0) is 11.6 Å². The number of anilines is 1. The first-order chi connectivity index (χ1) is 8.92. The number of hydrogen-bond donors (Lipinski definition) is 0. The molecule has 0 N–H and O–H groups in total. The lowest BCUT2D eigenvalue weighted by molar-refractivity contribution is 0.249. The predicted octanol–water partition coefficient (Wildman–Crippen LogP) is 1.86. The number of pyridine rings is 1. The van der Waals surface area contributed by atoms with Crippen molar-refractivity contribution in [1.82, 2.24) is 14.9 Å². The van der Waals surface area contributed by atoms with Gasteiger partial charge in [0.1, 0.15) is 0 Å². The highest BCUT2D eigenvalue weighted by Gasteiger charge is 2.18. The van der Waals surface area contributed by atoms with Gasteiger partial charge in [0, 0.05) is 56.7 Å². The molecule has 3 heterocycles. The van der Waals surface area contributed by atoms with E-state index in [0.29, 0.717) is 0 Å². The monoisotopic (exact) mass is 260 g/mol. The van der Waals surface area contributed by atoms with E-state index in [4.69, 9.17) is 0 Å². The summed E-state index contributed by atoms with van der Waals surface area (Å²) in [6, 6.07) is 4.14. The number of aromatic nitrogens is 2. The van der Waals surface area contributed by atoms with Crippen LogP contribution in [0.15, 0.2) is 36.1 Å². The molecule has 0 saturated carbocycles. The quantitative estimate of drug-likeness (QED) is 0.843. The lowest BCUT2D eigenvalue weighted by atomic mass is 10.2. The maximum Gasteiger partial charge on any atom is 0.185 e. The van der Waals surface area contributed by atoms with Crippen LogP contribution in [0.5, 0.6) is 0 Å². The molecule has 0 aliphatic carbocycles. The van der Waals surface area contributed by atoms with Gasteiger partial charge in [-0.25, -0.2) is 4.98 Å². The van der Waals surface area contributed by atoms with Crippen LogP contribution in [-0.2, 0) is 6.54 Å². The standard InChI is InChI=1S/C13H16N4S/c1-2-12(10-14-3-1)11-16-5-7-17(8-6-16)13-15-4-9-18-13/h1-4,9-10H,5-8,11H2. The topological polar surface area (TPSA) is 32.3 Å². The zero-order valence-electron chi connectivity index (χ0n) is 10.2. The van der Waals surface area contributed by atoms with Gasteiger partial charge in [-0.1, -0.05) is 6.07 Å². The van der Waals surface area contributed by atoms with Crippen LogP contribution in [0.2, 0.25) is 0 Å². The third-order valence-electron chi connectivity index (χ3n) is 3.19. The summed E-state index contributed by atoms with van der Waals surface area (Å²) >= 11 is 1.72. The van der Waals surface area contributed by atoms with Gasteiger partial charge in [-0.3, -0.25) is 9.88 Å². The molecule has 0 bridgehead atoms. The molecule has 0 amide bonds. The summed E-state index contributed by atoms with van der Waals surface area (Å²) in [6.45, 7) is 5.31. The van der Waals surface area contributed by atoms with Crippen LogP contribution < -0.4 is 4.90 Å². The van der Waals surface area contributed by atoms with Crippen molar-refractivity contribution < 1.29 is 0 Å². The SMILES string of the molecule is c1cncc(CN2CCN(c3nccs3)CC2)c1. The molecule has 2 aromatic rings. The molecule has 1 aliphatic rings. The zero-order valence-corrected chi connectivity index (χ0v) is 11.0. The van der Waals surface area contributed by atoms with Gasteiger partial charge in [0.15, 0.2) is 5.13 Å². The van der Waals surface area contributed by atoms with E-state index in [1.54, 1.807) is 11.3 Å². The van der Waals surface area contributed by atoms with Crippen molar-refractivity contribution in [3.05, 3.63) is 41.7 Å². The van der Waals surface area contributed by atoms with Crippen LogP contribution in [0.4, 0.5) is 5.13 Å². The normalized spacial score (nSPS) is 17.0. The lowest BCUT2D eigenvalue weighted by Gasteiger charge is -2.34. The van der Waals surface area contributed by atoms with E-state index in [0.717, 1.165) is 37.9 Å². The first-order valence-corrected chi connectivity index (χ1v) is 7.05. The summed E-state index contributed by atoms with van der Waals surface area (Å²) in [5.74, 6) is 0. The number of rotatable bonds is 3. The Bertz CT molecular complexity index is 463. The minimum atomic E-state index is 1.000. The number of hydrogen-bond acceptors (Lipinski definition) is 5. The maximum absolute atomic E-state index is 4.36. The van der Waals surface area contributed by atoms with Crippen LogP contribution >= 0.6 is 11.3 Å². The summed E-state index contributed by atoms with van der Waals surface area (Å²) in [6.07, 6.45) is 5.65. The highest BCUT2D eigenvalue weighted by Crippen LogP contribution is 2.19. The number of thiazole rings is 1. The first kappa shape index (κ1) is 11.6. The fourth-order valence-corrected chi connectivity index (χ4v) is 2.92. The fraction of sp³-hybridized carbons (Fsp3) is 0.385. The van der Waals surface area contributed by atoms with Crippen molar-refractivity contribution in [2.75, 3.05) is 31.1 Å². The summed E-state index contributed by atoms with van der Waals surface area (Å²) < 4.78 is 0. The van der Waals surface area contributed by atoms with Crippen molar-refractivity contribution in [3.63, 3.8) is 0 Å². The van der Waals surface area contributed by atoms with Crippen LogP contribution in [0.1, 0.15) is 5.56 Å². The second kappa shape index (κ2) is 5.46. The van der Waals surface area contributed by atoms with Gasteiger partial charge in [0.2, 0.25) is 0 Å². The maximum atomic E-state index is 4.36. The van der Waals surface area contributed by atoms with E-state index < -0.39 is 0 Å². The van der Waals surface area contributed by atoms with Crippen LogP contribution in [0.3, 0.4) is 0 Å². The van der Waals surface area contributed by atoms with Crippen LogP contribution in [-0.4, -0.2) is 41.0 Å². The smallest absolute Gasteiger partial charge is 0.185 e. The van der Waals surface area contributed by atoms with Crippen molar-refractivity contribution in [3.8, 4) is 0 Å². The van der Waals surface area contributed by atoms with Crippen LogP contribution in [0, 0.1) is 0 Å². The van der Waals surface area contributed by atoms with Gasteiger partial charge in [0.25, 0.3) is 0 Å². The molecule has 0 spiro atoms. The Kier molecular flexibility index (Phi) is 3.52. The van der Waals surface area contributed by atoms with Crippen LogP contribution in [0.25, 0.3) is 0 Å². The van der Waals surface area contributed by atoms with Crippen molar-refractivity contribution >= 4 is 16.5 Å². The minimum Gasteiger partial charge on any atom is -0.346 e. The Morgan fingerprint density at radius 1 is 1.17 bits per heavy atom. The summed E-state index contributed by atoms with van der Waals surface area (Å²) in [7, 11) is 0. The largest absolute Gasteiger partial charge is 0.346 e. The Hall–Kier alpha value is -1.46. The third kappa shape index (κ3) is 2.68. The summed E-state index contributed by atoms with van der Waals surface area (Å²) in [5, 5.41) is 3.19. The Morgan fingerprint density at radius 3 is 2.72 bits per heavy atom. The second-order valence-corrected chi connectivity index (χ2v) is 5.31. The predicted molar refractivity (Wildman–Crippen MR) is 73.8 cm³/mol. The van der Waals surface area contributed by atoms with Gasteiger partial charge in [-0.2, -0.15) is 0 Å². The zero-order chi connectivity index (χ0) is 12.2. The van der Waals surface area contributed by atoms with Gasteiger partial charge in [0.05, 0.1) is 0 Å². The highest BCUT2D eigenvalue weighted by atomic mass is 32.1. The van der Waals surface area contributed by atoms with E-state index in [-0.39, 0.29) is 0 Å². The molecule has 0 unspecified atom stereocenters. The van der Waals surface area contributed by atoms with Gasteiger partial charge in [-0.15, -0.1) is 11.3 Å². The van der Waals surface area contributed by atoms with E-state index in [1.807, 2.05) is 30.0 Å². The molecule has 4 nitrogen and oxygen atoms in total. The summed E-state index contributed by atoms with van der Waals surface area (Å²) in [4.78, 5) is 13.4. The molecule has 0 radical (unpaired) electrons. The molecule has 18 heavy (non-hydrogen) atoms. The molecule has 5 heteroatoms. The average molecular weight is 260 g/mol. The highest BCUT2D eigenvalue weighted by molar-refractivity contribution is 7.13. The molecule has 1 saturated heterocycles. The molecule has 0 aromatic carbocycles. The molecular weight excluding hydrogens is 244 g/mol. The third-order valence-corrected chi connectivity index (χ3v) is 4.02. The Morgan fingerprint density at radius 2 is 2.06 bits per heavy atom. The van der Waals surface area contributed by atoms with E-state index in [2.05, 4.69) is 25.8 Å². The van der Waals surface area contributed by atoms with Gasteiger partial charge < -0.3 is 4.90 Å². The van der Waals surface area contributed by atoms with Crippen molar-refractivity contribution in [2.24, 2.45) is 0 Å². The molecule has 0 atom stereocenters. The van der Waals surface area contributed by atoms with Gasteiger partial charge >= 0.3 is 0 Å². The van der Waals surface area contributed by atoms with Crippen molar-refractivity contribution in [1.29, 1.82) is 0 Å². The van der Waals surface area contributed by atoms with Crippen molar-refractivity contribution in [2.45, 2.75) is 6.54 Å². The second-order valence-electron chi connectivity index (χ2n) is 4.44. The first-order valence-electron chi connectivity index (χ1n) is 6.17. The number of piperazine rings is 1. The Balaban J connectivity index is 1.54. The molecule has 1 fully saturated rings. The van der Waals surface area contributed by atoms with E-state index in [1.165, 1.54) is 5.56 Å². The number of nitrogens with zero attached hydrogens (tertiary/aromatic N) is 4. The molecule has 1 aliphatic heterocycles. The molecular formula is C13H16N4S. The summed E-state index contributed by atoms with van der Waals surface area (Å²) in [5.41, 5.74) is 1.29. The lowest BCUT2D eigenvalue weighted by Crippen LogP contribution is -2.45. The molecule has 3 rings (SSSR count). The molecule has 2 aromatic heterocycles.